The first kappa shape index (κ1) is 31.6. The van der Waals surface area contributed by atoms with E-state index in [2.05, 4.69) is 55.4 Å². The van der Waals surface area contributed by atoms with Crippen LogP contribution in [0.4, 0.5) is 0 Å². The van der Waals surface area contributed by atoms with Gasteiger partial charge in [-0.15, -0.1) is 0 Å². The standard InChI is InChI=1S/C29H52O6/c1-10-11-12-13-14-15-16-22(17-23(31)32)24(33)35-21-28(7)18-27(6,20-34-9)25(2,3)26(4,5)29(28,8)19-30/h14-15,22,30H,10-13,16-21H2,1-9H3,(H,31,32). The molecule has 35 heavy (non-hydrogen) atoms. The van der Waals surface area contributed by atoms with Crippen molar-refractivity contribution in [2.45, 2.75) is 100 Å². The van der Waals surface area contributed by atoms with Crippen LogP contribution in [-0.2, 0) is 19.1 Å². The van der Waals surface area contributed by atoms with E-state index in [1.54, 1.807) is 7.11 Å². The number of hydrogen-bond donors (Lipinski definition) is 2. The number of hydrogen-bond acceptors (Lipinski definition) is 5. The van der Waals surface area contributed by atoms with E-state index in [9.17, 15) is 19.8 Å². The number of ether oxygens (including phenoxy) is 2. The average Bonchev–Trinajstić information content (AvgIpc) is 2.77. The topological polar surface area (TPSA) is 93.1 Å². The fourth-order valence-electron chi connectivity index (χ4n) is 6.34. The largest absolute Gasteiger partial charge is 0.481 e. The first-order valence-corrected chi connectivity index (χ1v) is 13.2. The zero-order valence-corrected chi connectivity index (χ0v) is 23.8. The molecule has 204 valence electrons. The maximum absolute atomic E-state index is 13.1. The maximum atomic E-state index is 13.1. The lowest BCUT2D eigenvalue weighted by molar-refractivity contribution is -0.261. The van der Waals surface area contributed by atoms with Gasteiger partial charge < -0.3 is 19.7 Å². The van der Waals surface area contributed by atoms with Gasteiger partial charge >= 0.3 is 11.9 Å². The summed E-state index contributed by atoms with van der Waals surface area (Å²) in [5.74, 6) is -2.22. The molecule has 0 radical (unpaired) electrons. The van der Waals surface area contributed by atoms with E-state index in [-0.39, 0.29) is 35.9 Å². The second-order valence-electron chi connectivity index (χ2n) is 12.6. The van der Waals surface area contributed by atoms with Gasteiger partial charge in [0.1, 0.15) is 0 Å². The van der Waals surface area contributed by atoms with Gasteiger partial charge in [-0.2, -0.15) is 0 Å². The first-order valence-electron chi connectivity index (χ1n) is 13.2. The number of carboxylic acid groups (broad SMARTS) is 1. The van der Waals surface area contributed by atoms with Crippen LogP contribution in [0.2, 0.25) is 0 Å². The minimum absolute atomic E-state index is 0.0421. The van der Waals surface area contributed by atoms with Crippen LogP contribution in [0.3, 0.4) is 0 Å². The zero-order valence-electron chi connectivity index (χ0n) is 23.8. The lowest BCUT2D eigenvalue weighted by Gasteiger charge is -2.70. The monoisotopic (exact) mass is 496 g/mol. The van der Waals surface area contributed by atoms with Crippen molar-refractivity contribution in [3.8, 4) is 0 Å². The summed E-state index contributed by atoms with van der Waals surface area (Å²) >= 11 is 0. The molecule has 0 spiro atoms. The molecule has 1 saturated carbocycles. The van der Waals surface area contributed by atoms with Crippen molar-refractivity contribution in [1.82, 2.24) is 0 Å². The van der Waals surface area contributed by atoms with Crippen LogP contribution in [0.5, 0.6) is 0 Å². The van der Waals surface area contributed by atoms with Gasteiger partial charge in [0, 0.05) is 24.5 Å². The summed E-state index contributed by atoms with van der Waals surface area (Å²) in [5.41, 5.74) is -1.79. The Labute approximate surface area is 213 Å². The molecule has 0 amide bonds. The number of allylic oxidation sites excluding steroid dienone is 2. The second-order valence-corrected chi connectivity index (χ2v) is 12.6. The van der Waals surface area contributed by atoms with Crippen LogP contribution < -0.4 is 0 Å². The minimum Gasteiger partial charge on any atom is -0.481 e. The fourth-order valence-corrected chi connectivity index (χ4v) is 6.34. The highest BCUT2D eigenvalue weighted by molar-refractivity contribution is 5.79. The quantitative estimate of drug-likeness (QED) is 0.167. The molecule has 6 heteroatoms. The molecular formula is C29H52O6. The Morgan fingerprint density at radius 2 is 1.57 bits per heavy atom. The lowest BCUT2D eigenvalue weighted by Crippen LogP contribution is -2.68. The molecule has 1 aliphatic carbocycles. The molecule has 0 heterocycles. The predicted molar refractivity (Wildman–Crippen MR) is 140 cm³/mol. The van der Waals surface area contributed by atoms with E-state index in [0.29, 0.717) is 19.4 Å². The summed E-state index contributed by atoms with van der Waals surface area (Å²) in [6.07, 6.45) is 9.06. The number of aliphatic carboxylic acids is 1. The van der Waals surface area contributed by atoms with Gasteiger partial charge in [-0.3, -0.25) is 9.59 Å². The third-order valence-electron chi connectivity index (χ3n) is 10.2. The molecule has 4 atom stereocenters. The van der Waals surface area contributed by atoms with Crippen LogP contribution in [-0.4, -0.2) is 49.1 Å². The summed E-state index contributed by atoms with van der Waals surface area (Å²) in [5, 5.41) is 20.1. The highest BCUT2D eigenvalue weighted by atomic mass is 16.5. The van der Waals surface area contributed by atoms with Crippen molar-refractivity contribution in [2.75, 3.05) is 26.9 Å². The van der Waals surface area contributed by atoms with Crippen molar-refractivity contribution in [1.29, 1.82) is 0 Å². The number of carbonyl (C=O) groups excluding carboxylic acids is 1. The summed E-state index contributed by atoms with van der Waals surface area (Å²) in [6.45, 7) is 18.0. The fraction of sp³-hybridized carbons (Fsp3) is 0.862. The molecule has 0 aliphatic heterocycles. The number of unbranched alkanes of at least 4 members (excludes halogenated alkanes) is 3. The molecule has 0 bridgehead atoms. The number of carboxylic acids is 1. The van der Waals surface area contributed by atoms with Crippen LogP contribution in [0, 0.1) is 33.0 Å². The van der Waals surface area contributed by atoms with Gasteiger partial charge in [-0.25, -0.2) is 0 Å². The molecule has 1 aliphatic rings. The van der Waals surface area contributed by atoms with Crippen LogP contribution in [0.25, 0.3) is 0 Å². The lowest BCUT2D eigenvalue weighted by atomic mass is 9.34. The first-order chi connectivity index (χ1) is 16.1. The summed E-state index contributed by atoms with van der Waals surface area (Å²) in [4.78, 5) is 24.5. The van der Waals surface area contributed by atoms with Gasteiger partial charge in [-0.05, 0) is 41.9 Å². The molecule has 1 fully saturated rings. The van der Waals surface area contributed by atoms with E-state index < -0.39 is 28.7 Å². The summed E-state index contributed by atoms with van der Waals surface area (Å²) < 4.78 is 11.5. The molecular weight excluding hydrogens is 444 g/mol. The van der Waals surface area contributed by atoms with Crippen LogP contribution in [0.15, 0.2) is 12.2 Å². The van der Waals surface area contributed by atoms with Gasteiger partial charge in [0.25, 0.3) is 0 Å². The summed E-state index contributed by atoms with van der Waals surface area (Å²) in [6, 6.07) is 0. The average molecular weight is 497 g/mol. The number of rotatable bonds is 14. The van der Waals surface area contributed by atoms with Gasteiger partial charge in [0.2, 0.25) is 0 Å². The molecule has 2 N–H and O–H groups in total. The van der Waals surface area contributed by atoms with E-state index in [0.717, 1.165) is 25.7 Å². The van der Waals surface area contributed by atoms with Crippen molar-refractivity contribution >= 4 is 11.9 Å². The van der Waals surface area contributed by atoms with Crippen LogP contribution >= 0.6 is 0 Å². The zero-order chi connectivity index (χ0) is 27.1. The summed E-state index contributed by atoms with van der Waals surface area (Å²) in [7, 11) is 1.71. The Balaban J connectivity index is 3.15. The Kier molecular flexibility index (Phi) is 11.0. The number of esters is 1. The Hall–Kier alpha value is -1.40. The normalized spacial score (nSPS) is 30.8. The highest BCUT2D eigenvalue weighted by Crippen LogP contribution is 2.72. The molecule has 0 aromatic carbocycles. The molecule has 6 nitrogen and oxygen atoms in total. The number of aliphatic hydroxyl groups excluding tert-OH is 1. The number of aliphatic hydroxyl groups is 1. The van der Waals surface area contributed by atoms with Gasteiger partial charge in [-0.1, -0.05) is 80.4 Å². The van der Waals surface area contributed by atoms with Crippen molar-refractivity contribution in [3.63, 3.8) is 0 Å². The highest BCUT2D eigenvalue weighted by Gasteiger charge is 2.69. The van der Waals surface area contributed by atoms with E-state index >= 15 is 0 Å². The van der Waals surface area contributed by atoms with Gasteiger partial charge in [0.15, 0.2) is 0 Å². The third-order valence-corrected chi connectivity index (χ3v) is 10.2. The van der Waals surface area contributed by atoms with E-state index in [1.165, 1.54) is 0 Å². The Morgan fingerprint density at radius 3 is 2.09 bits per heavy atom. The van der Waals surface area contributed by atoms with Crippen molar-refractivity contribution in [3.05, 3.63) is 12.2 Å². The third kappa shape index (κ3) is 6.30. The second kappa shape index (κ2) is 12.2. The predicted octanol–water partition coefficient (Wildman–Crippen LogP) is 6.26. The van der Waals surface area contributed by atoms with Gasteiger partial charge in [0.05, 0.1) is 25.6 Å². The molecule has 4 unspecified atom stereocenters. The van der Waals surface area contributed by atoms with E-state index in [4.69, 9.17) is 9.47 Å². The number of carbonyl (C=O) groups is 2. The maximum Gasteiger partial charge on any atom is 0.309 e. The minimum atomic E-state index is -1.01. The molecule has 1 rings (SSSR count). The van der Waals surface area contributed by atoms with E-state index in [1.807, 2.05) is 12.2 Å². The van der Waals surface area contributed by atoms with Crippen molar-refractivity contribution < 1.29 is 29.3 Å². The Bertz CT molecular complexity index is 741. The SMILES string of the molecule is CCCCCC=CCC(CC(=O)O)C(=O)OCC1(C)CC(C)(COC)C(C)(C)C(C)(C)C1(C)CO. The molecule has 0 aromatic rings. The number of methoxy groups -OCH3 is 1. The smallest absolute Gasteiger partial charge is 0.309 e. The van der Waals surface area contributed by atoms with Crippen LogP contribution in [0.1, 0.15) is 100 Å². The van der Waals surface area contributed by atoms with Crippen molar-refractivity contribution in [2.24, 2.45) is 33.0 Å². The molecule has 0 aromatic heterocycles. The molecule has 0 saturated heterocycles. The Morgan fingerprint density at radius 1 is 0.943 bits per heavy atom.